The van der Waals surface area contributed by atoms with Crippen LogP contribution in [0.1, 0.15) is 28.5 Å². The number of benzene rings is 2. The minimum absolute atomic E-state index is 0.294. The van der Waals surface area contributed by atoms with Gasteiger partial charge in [-0.15, -0.1) is 0 Å². The van der Waals surface area contributed by atoms with Crippen LogP contribution in [0.5, 0.6) is 0 Å². The summed E-state index contributed by atoms with van der Waals surface area (Å²) in [4.78, 5) is 18.2. The largest absolute Gasteiger partial charge is 0.304 e. The number of halogens is 2. The third kappa shape index (κ3) is 4.78. The number of fused-ring (bicyclic) bond motifs is 1. The number of rotatable bonds is 6. The molecule has 7 nitrogen and oxygen atoms in total. The van der Waals surface area contributed by atoms with Gasteiger partial charge in [0.15, 0.2) is 5.82 Å². The van der Waals surface area contributed by atoms with Crippen molar-refractivity contribution < 1.29 is 4.79 Å². The highest BCUT2D eigenvalue weighted by atomic mass is 35.5. The van der Waals surface area contributed by atoms with Gasteiger partial charge in [0.1, 0.15) is 5.02 Å². The lowest BCUT2D eigenvalue weighted by Gasteiger charge is -2.09. The standard InChI is InChI=1S/C26H22Cl2N6O/c1-3-33-14-21(16(2)31-33)24-12-20(19-6-4-5-7-23(19)29-24)26(35)30-25-22(28)15-34(32-25)13-17-8-10-18(27)11-9-17/h4-12,14-15H,3,13H2,1-2H3,(H,30,32,35). The van der Waals surface area contributed by atoms with Crippen LogP contribution in [0.3, 0.4) is 0 Å². The molecule has 176 valence electrons. The predicted molar refractivity (Wildman–Crippen MR) is 139 cm³/mol. The number of amides is 1. The number of nitrogens with one attached hydrogen (secondary N) is 1. The van der Waals surface area contributed by atoms with Crippen molar-refractivity contribution in [3.05, 3.63) is 93.9 Å². The molecule has 9 heteroatoms. The van der Waals surface area contributed by atoms with E-state index in [1.54, 1.807) is 16.9 Å². The fourth-order valence-corrected chi connectivity index (χ4v) is 4.27. The Hall–Kier alpha value is -3.68. The van der Waals surface area contributed by atoms with Gasteiger partial charge in [0.25, 0.3) is 5.91 Å². The summed E-state index contributed by atoms with van der Waals surface area (Å²) in [6.07, 6.45) is 3.63. The Morgan fingerprint density at radius 1 is 1.00 bits per heavy atom. The summed E-state index contributed by atoms with van der Waals surface area (Å²) >= 11 is 12.4. The van der Waals surface area contributed by atoms with Crippen molar-refractivity contribution in [2.75, 3.05) is 5.32 Å². The molecule has 0 spiro atoms. The molecule has 0 unspecified atom stereocenters. The molecule has 0 saturated carbocycles. The van der Waals surface area contributed by atoms with Gasteiger partial charge in [0.05, 0.1) is 29.0 Å². The quantitative estimate of drug-likeness (QED) is 0.297. The highest BCUT2D eigenvalue weighted by Gasteiger charge is 2.18. The third-order valence-electron chi connectivity index (χ3n) is 5.71. The smallest absolute Gasteiger partial charge is 0.257 e. The number of carbonyl (C=O) groups is 1. The lowest BCUT2D eigenvalue weighted by Crippen LogP contribution is -2.14. The molecule has 1 N–H and O–H groups in total. The van der Waals surface area contributed by atoms with E-state index in [0.29, 0.717) is 33.7 Å². The average Bonchev–Trinajstić information content (AvgIpc) is 3.41. The zero-order chi connectivity index (χ0) is 24.5. The number of pyridine rings is 1. The molecule has 3 heterocycles. The van der Waals surface area contributed by atoms with E-state index in [-0.39, 0.29) is 5.91 Å². The normalized spacial score (nSPS) is 11.2. The number of aromatic nitrogens is 5. The van der Waals surface area contributed by atoms with Gasteiger partial charge in [-0.3, -0.25) is 14.2 Å². The minimum Gasteiger partial charge on any atom is -0.304 e. The summed E-state index contributed by atoms with van der Waals surface area (Å²) in [6.45, 7) is 5.21. The van der Waals surface area contributed by atoms with Crippen molar-refractivity contribution in [3.63, 3.8) is 0 Å². The number of hydrogen-bond acceptors (Lipinski definition) is 4. The number of anilines is 1. The number of nitrogens with zero attached hydrogens (tertiary/aromatic N) is 5. The maximum atomic E-state index is 13.4. The van der Waals surface area contributed by atoms with E-state index in [1.165, 1.54) is 0 Å². The molecule has 35 heavy (non-hydrogen) atoms. The maximum Gasteiger partial charge on any atom is 0.257 e. The fraction of sp³-hybridized carbons (Fsp3) is 0.154. The summed E-state index contributed by atoms with van der Waals surface area (Å²) < 4.78 is 3.54. The Balaban J connectivity index is 1.47. The molecule has 0 radical (unpaired) electrons. The molecule has 1 amide bonds. The van der Waals surface area contributed by atoms with Gasteiger partial charge in [0.2, 0.25) is 0 Å². The third-order valence-corrected chi connectivity index (χ3v) is 6.24. The number of hydrogen-bond donors (Lipinski definition) is 1. The molecule has 2 aromatic carbocycles. The van der Waals surface area contributed by atoms with E-state index < -0.39 is 0 Å². The minimum atomic E-state index is -0.316. The Bertz CT molecular complexity index is 1540. The van der Waals surface area contributed by atoms with Crippen LogP contribution >= 0.6 is 23.2 Å². The number of para-hydroxylation sites is 1. The van der Waals surface area contributed by atoms with Crippen LogP contribution in [0.25, 0.3) is 22.2 Å². The van der Waals surface area contributed by atoms with Crippen molar-refractivity contribution in [2.45, 2.75) is 26.9 Å². The van der Waals surface area contributed by atoms with Crippen LogP contribution in [0.4, 0.5) is 5.82 Å². The van der Waals surface area contributed by atoms with Crippen LogP contribution in [0, 0.1) is 6.92 Å². The van der Waals surface area contributed by atoms with Crippen molar-refractivity contribution in [1.29, 1.82) is 0 Å². The zero-order valence-corrected chi connectivity index (χ0v) is 20.7. The molecule has 0 aliphatic heterocycles. The summed E-state index contributed by atoms with van der Waals surface area (Å²) in [6, 6.07) is 16.8. The number of carbonyl (C=O) groups excluding carboxylic acids is 1. The second-order valence-electron chi connectivity index (χ2n) is 8.16. The van der Waals surface area contributed by atoms with Crippen LogP contribution in [-0.4, -0.2) is 30.5 Å². The molecule has 0 fully saturated rings. The lowest BCUT2D eigenvalue weighted by atomic mass is 10.0. The van der Waals surface area contributed by atoms with E-state index in [4.69, 9.17) is 28.2 Å². The van der Waals surface area contributed by atoms with Gasteiger partial charge in [-0.2, -0.15) is 10.2 Å². The van der Waals surface area contributed by atoms with Crippen molar-refractivity contribution in [2.24, 2.45) is 0 Å². The zero-order valence-electron chi connectivity index (χ0n) is 19.2. The van der Waals surface area contributed by atoms with Crippen molar-refractivity contribution in [1.82, 2.24) is 24.5 Å². The van der Waals surface area contributed by atoms with Gasteiger partial charge < -0.3 is 5.32 Å². The Kier molecular flexibility index (Phi) is 6.28. The summed E-state index contributed by atoms with van der Waals surface area (Å²) in [5, 5.41) is 13.6. The molecule has 0 atom stereocenters. The van der Waals surface area contributed by atoms with E-state index in [0.717, 1.165) is 34.3 Å². The van der Waals surface area contributed by atoms with Gasteiger partial charge in [-0.25, -0.2) is 4.98 Å². The molecule has 0 bridgehead atoms. The molecule has 0 saturated heterocycles. The Morgan fingerprint density at radius 2 is 1.77 bits per heavy atom. The summed E-state index contributed by atoms with van der Waals surface area (Å²) in [5.74, 6) is -0.0212. The highest BCUT2D eigenvalue weighted by Crippen LogP contribution is 2.28. The highest BCUT2D eigenvalue weighted by molar-refractivity contribution is 6.33. The molecule has 5 aromatic rings. The first-order chi connectivity index (χ1) is 16.9. The van der Waals surface area contributed by atoms with Crippen LogP contribution in [0.15, 0.2) is 67.0 Å². The second-order valence-corrected chi connectivity index (χ2v) is 9.00. The second kappa shape index (κ2) is 9.52. The van der Waals surface area contributed by atoms with Crippen LogP contribution in [0.2, 0.25) is 10.0 Å². The van der Waals surface area contributed by atoms with Crippen LogP contribution < -0.4 is 5.32 Å². The number of aryl methyl sites for hydroxylation is 2. The molecule has 0 aliphatic carbocycles. The van der Waals surface area contributed by atoms with Crippen molar-refractivity contribution >= 4 is 45.8 Å². The summed E-state index contributed by atoms with van der Waals surface area (Å²) in [5.41, 5.74) is 4.64. The molecular weight excluding hydrogens is 483 g/mol. The first kappa shape index (κ1) is 23.1. The molecule has 0 aliphatic rings. The van der Waals surface area contributed by atoms with Gasteiger partial charge in [-0.05, 0) is 43.7 Å². The predicted octanol–water partition coefficient (Wildman–Crippen LogP) is 6.23. The SMILES string of the molecule is CCn1cc(-c2cc(C(=O)Nc3nn(Cc4ccc(Cl)cc4)cc3Cl)c3ccccc3n2)c(C)n1. The van der Waals surface area contributed by atoms with Crippen LogP contribution in [-0.2, 0) is 13.1 Å². The van der Waals surface area contributed by atoms with Crippen molar-refractivity contribution in [3.8, 4) is 11.3 Å². The summed E-state index contributed by atoms with van der Waals surface area (Å²) in [7, 11) is 0. The first-order valence-corrected chi connectivity index (χ1v) is 11.9. The topological polar surface area (TPSA) is 77.6 Å². The average molecular weight is 505 g/mol. The molecule has 3 aromatic heterocycles. The van der Waals surface area contributed by atoms with Gasteiger partial charge >= 0.3 is 0 Å². The van der Waals surface area contributed by atoms with E-state index in [1.807, 2.05) is 73.3 Å². The first-order valence-electron chi connectivity index (χ1n) is 11.1. The Morgan fingerprint density at radius 3 is 2.51 bits per heavy atom. The van der Waals surface area contributed by atoms with E-state index in [9.17, 15) is 4.79 Å². The van der Waals surface area contributed by atoms with Gasteiger partial charge in [0, 0.05) is 34.9 Å². The fourth-order valence-electron chi connectivity index (χ4n) is 3.95. The molecule has 5 rings (SSSR count). The monoisotopic (exact) mass is 504 g/mol. The van der Waals surface area contributed by atoms with E-state index >= 15 is 0 Å². The van der Waals surface area contributed by atoms with Gasteiger partial charge in [-0.1, -0.05) is 53.5 Å². The Labute approximate surface area is 212 Å². The van der Waals surface area contributed by atoms with E-state index in [2.05, 4.69) is 15.5 Å². The molecular formula is C26H22Cl2N6O. The maximum absolute atomic E-state index is 13.4. The lowest BCUT2D eigenvalue weighted by molar-refractivity contribution is 0.102.